The second-order valence-corrected chi connectivity index (χ2v) is 2.91. The van der Waals surface area contributed by atoms with Crippen molar-refractivity contribution >= 4 is 12.4 Å². The zero-order chi connectivity index (χ0) is 7.89. The van der Waals surface area contributed by atoms with E-state index in [4.69, 9.17) is 21.1 Å². The zero-order valence-electron chi connectivity index (χ0n) is 6.21. The lowest BCUT2D eigenvalue weighted by Crippen LogP contribution is -2.37. The van der Waals surface area contributed by atoms with Crippen LogP contribution in [0.4, 0.5) is 0 Å². The summed E-state index contributed by atoms with van der Waals surface area (Å²) in [6, 6.07) is -0.509. The molecule has 0 radical (unpaired) electrons. The number of hydrogen-bond donors (Lipinski definition) is 4. The number of rotatable bonds is 0. The van der Waals surface area contributed by atoms with Gasteiger partial charge < -0.3 is 21.1 Å². The van der Waals surface area contributed by atoms with Gasteiger partial charge >= 0.3 is 0 Å². The summed E-state index contributed by atoms with van der Waals surface area (Å²) in [6.45, 7) is 1.70. The Hall–Kier alpha value is 0.130. The number of nitrogens with two attached hydrogens (primary N) is 1. The first-order valence-corrected chi connectivity index (χ1v) is 3.35. The monoisotopic (exact) mass is 183 g/mol. The van der Waals surface area contributed by atoms with Crippen molar-refractivity contribution in [2.45, 2.75) is 31.3 Å². The van der Waals surface area contributed by atoms with Gasteiger partial charge in [0.1, 0.15) is 6.10 Å². The Morgan fingerprint density at radius 2 is 1.45 bits per heavy atom. The number of aliphatic hydroxyl groups excluding tert-OH is 3. The highest BCUT2D eigenvalue weighted by atomic mass is 35.5. The lowest BCUT2D eigenvalue weighted by atomic mass is 10.1. The van der Waals surface area contributed by atoms with Gasteiger partial charge in [-0.25, -0.2) is 0 Å². The summed E-state index contributed by atoms with van der Waals surface area (Å²) in [5, 5.41) is 27.2. The lowest BCUT2D eigenvalue weighted by molar-refractivity contribution is -0.0257. The van der Waals surface area contributed by atoms with E-state index in [-0.39, 0.29) is 18.3 Å². The molecule has 5 atom stereocenters. The molecule has 4 nitrogen and oxygen atoms in total. The molecule has 0 bridgehead atoms. The minimum Gasteiger partial charge on any atom is -0.390 e. The quantitative estimate of drug-likeness (QED) is 0.367. The predicted octanol–water partition coefficient (Wildman–Crippen LogP) is -1.53. The summed E-state index contributed by atoms with van der Waals surface area (Å²) in [6.07, 6.45) is -2.94. The normalized spacial score (nSPS) is 50.5. The SMILES string of the molecule is C[C@@H]1[C@H](N)[C@@H](O)[C@@H](O)[C@@H]1O.Cl. The summed E-state index contributed by atoms with van der Waals surface area (Å²) >= 11 is 0. The van der Waals surface area contributed by atoms with Gasteiger partial charge in [-0.2, -0.15) is 0 Å². The molecular weight excluding hydrogens is 170 g/mol. The standard InChI is InChI=1S/C6H13NO3.ClH/c1-2-3(7)5(9)6(10)4(2)8;/h2-6,8-10H,7H2,1H3;1H/t2-,3+,4-,5-,6+;/m1./s1. The van der Waals surface area contributed by atoms with Gasteiger partial charge in [-0.1, -0.05) is 6.92 Å². The van der Waals surface area contributed by atoms with E-state index >= 15 is 0 Å². The molecule has 11 heavy (non-hydrogen) atoms. The molecule has 0 heterocycles. The first-order chi connectivity index (χ1) is 4.55. The fourth-order valence-corrected chi connectivity index (χ4v) is 1.28. The van der Waals surface area contributed by atoms with Gasteiger partial charge in [-0.15, -0.1) is 12.4 Å². The van der Waals surface area contributed by atoms with E-state index in [1.54, 1.807) is 6.92 Å². The molecule has 0 spiro atoms. The van der Waals surface area contributed by atoms with Crippen molar-refractivity contribution in [2.24, 2.45) is 11.7 Å². The van der Waals surface area contributed by atoms with Gasteiger partial charge in [0, 0.05) is 12.0 Å². The molecule has 0 amide bonds. The van der Waals surface area contributed by atoms with Crippen LogP contribution in [0.25, 0.3) is 0 Å². The van der Waals surface area contributed by atoms with Crippen LogP contribution in [0.2, 0.25) is 0 Å². The van der Waals surface area contributed by atoms with E-state index in [0.29, 0.717) is 0 Å². The fraction of sp³-hybridized carbons (Fsp3) is 1.00. The van der Waals surface area contributed by atoms with Crippen molar-refractivity contribution in [3.63, 3.8) is 0 Å². The molecule has 5 N–H and O–H groups in total. The lowest BCUT2D eigenvalue weighted by Gasteiger charge is -2.12. The van der Waals surface area contributed by atoms with Crippen molar-refractivity contribution in [1.29, 1.82) is 0 Å². The Balaban J connectivity index is 0.000001000. The fourth-order valence-electron chi connectivity index (χ4n) is 1.28. The van der Waals surface area contributed by atoms with E-state index in [1.165, 1.54) is 0 Å². The molecule has 5 heteroatoms. The van der Waals surface area contributed by atoms with Gasteiger partial charge in [0.05, 0.1) is 12.2 Å². The summed E-state index contributed by atoms with van der Waals surface area (Å²) < 4.78 is 0. The topological polar surface area (TPSA) is 86.7 Å². The molecule has 1 rings (SSSR count). The third-order valence-electron chi connectivity index (χ3n) is 2.24. The van der Waals surface area contributed by atoms with Crippen LogP contribution in [0.1, 0.15) is 6.92 Å². The van der Waals surface area contributed by atoms with E-state index in [2.05, 4.69) is 0 Å². The van der Waals surface area contributed by atoms with E-state index in [0.717, 1.165) is 0 Å². The maximum absolute atomic E-state index is 9.12. The van der Waals surface area contributed by atoms with Crippen LogP contribution >= 0.6 is 12.4 Å². The Morgan fingerprint density at radius 3 is 1.55 bits per heavy atom. The van der Waals surface area contributed by atoms with Crippen molar-refractivity contribution in [3.05, 3.63) is 0 Å². The zero-order valence-corrected chi connectivity index (χ0v) is 7.03. The van der Waals surface area contributed by atoms with Crippen LogP contribution < -0.4 is 5.73 Å². The number of hydrogen-bond acceptors (Lipinski definition) is 4. The molecule has 0 aliphatic heterocycles. The molecule has 1 aliphatic carbocycles. The van der Waals surface area contributed by atoms with E-state index in [9.17, 15) is 0 Å². The maximum atomic E-state index is 9.12. The van der Waals surface area contributed by atoms with Crippen LogP contribution in [0.5, 0.6) is 0 Å². The molecule has 0 aromatic rings. The van der Waals surface area contributed by atoms with Crippen LogP contribution in [0.15, 0.2) is 0 Å². The number of aliphatic hydroxyl groups is 3. The van der Waals surface area contributed by atoms with Crippen LogP contribution in [-0.2, 0) is 0 Å². The number of halogens is 1. The van der Waals surface area contributed by atoms with Crippen LogP contribution in [0, 0.1) is 5.92 Å². The van der Waals surface area contributed by atoms with Gasteiger partial charge in [-0.3, -0.25) is 0 Å². The molecule has 0 unspecified atom stereocenters. The Morgan fingerprint density at radius 1 is 1.00 bits per heavy atom. The Bertz CT molecular complexity index is 90.2. The van der Waals surface area contributed by atoms with E-state index < -0.39 is 24.4 Å². The van der Waals surface area contributed by atoms with Gasteiger partial charge in [0.25, 0.3) is 0 Å². The molecular formula is C6H14ClNO3. The smallest absolute Gasteiger partial charge is 0.108 e. The van der Waals surface area contributed by atoms with Gasteiger partial charge in [0.15, 0.2) is 0 Å². The van der Waals surface area contributed by atoms with Crippen LogP contribution in [0.3, 0.4) is 0 Å². The third-order valence-corrected chi connectivity index (χ3v) is 2.24. The minimum atomic E-state index is -1.08. The predicted molar refractivity (Wildman–Crippen MR) is 42.4 cm³/mol. The average Bonchev–Trinajstić information content (AvgIpc) is 2.07. The Kier molecular flexibility index (Phi) is 3.73. The van der Waals surface area contributed by atoms with Crippen molar-refractivity contribution in [1.82, 2.24) is 0 Å². The third kappa shape index (κ3) is 1.65. The molecule has 1 saturated carbocycles. The minimum absolute atomic E-state index is 0. The van der Waals surface area contributed by atoms with Crippen molar-refractivity contribution in [2.75, 3.05) is 0 Å². The Labute approximate surface area is 71.4 Å². The molecule has 68 valence electrons. The highest BCUT2D eigenvalue weighted by Crippen LogP contribution is 2.24. The second-order valence-electron chi connectivity index (χ2n) is 2.91. The average molecular weight is 184 g/mol. The largest absolute Gasteiger partial charge is 0.390 e. The summed E-state index contributed by atoms with van der Waals surface area (Å²) in [5.41, 5.74) is 5.43. The first kappa shape index (κ1) is 11.1. The molecule has 1 aliphatic rings. The highest BCUT2D eigenvalue weighted by molar-refractivity contribution is 5.85. The highest BCUT2D eigenvalue weighted by Gasteiger charge is 2.44. The molecule has 0 saturated heterocycles. The van der Waals surface area contributed by atoms with Gasteiger partial charge in [-0.05, 0) is 0 Å². The molecule has 0 aromatic carbocycles. The van der Waals surface area contributed by atoms with E-state index in [1.807, 2.05) is 0 Å². The van der Waals surface area contributed by atoms with Crippen molar-refractivity contribution < 1.29 is 15.3 Å². The van der Waals surface area contributed by atoms with Gasteiger partial charge in [0.2, 0.25) is 0 Å². The van der Waals surface area contributed by atoms with Crippen LogP contribution in [-0.4, -0.2) is 39.7 Å². The summed E-state index contributed by atoms with van der Waals surface area (Å²) in [7, 11) is 0. The molecule has 1 fully saturated rings. The maximum Gasteiger partial charge on any atom is 0.108 e. The second kappa shape index (κ2) is 3.69. The molecule has 0 aromatic heterocycles. The van der Waals surface area contributed by atoms with Crippen molar-refractivity contribution in [3.8, 4) is 0 Å². The first-order valence-electron chi connectivity index (χ1n) is 3.35. The summed E-state index contributed by atoms with van der Waals surface area (Å²) in [4.78, 5) is 0. The summed E-state index contributed by atoms with van der Waals surface area (Å²) in [5.74, 6) is -0.231.